The molecule has 0 spiro atoms. The summed E-state index contributed by atoms with van der Waals surface area (Å²) in [5.74, 6) is -0.350. The zero-order chi connectivity index (χ0) is 18.2. The van der Waals surface area contributed by atoms with Crippen LogP contribution in [0.1, 0.15) is 20.7 Å². The van der Waals surface area contributed by atoms with Gasteiger partial charge in [-0.15, -0.1) is 0 Å². The Morgan fingerprint density at radius 1 is 1.39 bits per heavy atom. The monoisotopic (exact) mass is 249 g/mol. The van der Waals surface area contributed by atoms with Gasteiger partial charge in [-0.25, -0.2) is 0 Å². The zero-order valence-corrected chi connectivity index (χ0v) is 10.2. The van der Waals surface area contributed by atoms with Gasteiger partial charge in [0.2, 0.25) is 5.91 Å². The number of methoxy groups -OCH3 is 1. The fourth-order valence-corrected chi connectivity index (χ4v) is 1.59. The first-order valence-electron chi connectivity index (χ1n) is 8.52. The van der Waals surface area contributed by atoms with E-state index in [0.29, 0.717) is 0 Å². The molecule has 3 nitrogen and oxygen atoms in total. The summed E-state index contributed by atoms with van der Waals surface area (Å²) in [7, 11) is 1.29. The number of ether oxygens (including phenoxy) is 1. The topological polar surface area (TPSA) is 38.3 Å². The van der Waals surface area contributed by atoms with Crippen LogP contribution >= 0.6 is 0 Å². The summed E-state index contributed by atoms with van der Waals surface area (Å²) in [6, 6.07) is -1.75. The molecule has 2 rings (SSSR count). The third kappa shape index (κ3) is 2.80. The van der Waals surface area contributed by atoms with Crippen molar-refractivity contribution in [1.82, 2.24) is 5.32 Å². The first-order valence-corrected chi connectivity index (χ1v) is 5.52. The average molecular weight is 249 g/mol. The van der Waals surface area contributed by atoms with E-state index in [1.807, 2.05) is 0 Å². The molecular weight excluding hydrogens is 226 g/mol. The maximum atomic E-state index is 11.0. The highest BCUT2D eigenvalue weighted by Gasteiger charge is 2.03. The predicted octanol–water partition coefficient (Wildman–Crippen LogP) is 2.53. The smallest absolute Gasteiger partial charge is 0.216 e. The lowest BCUT2D eigenvalue weighted by molar-refractivity contribution is -0.118. The molecular formula is C15H17NO2. The third-order valence-corrected chi connectivity index (χ3v) is 2.45. The first-order chi connectivity index (χ1) is 11.2. The zero-order valence-electron chi connectivity index (χ0n) is 16.2. The van der Waals surface area contributed by atoms with Crippen LogP contribution in [0.25, 0.3) is 10.8 Å². The molecule has 0 fully saturated rings. The standard InChI is InChI=1S/C15H17NO2/c1-11(17)16-9-8-13-5-3-4-12-6-7-14(18-2)10-15(12)13/h3-7,10H,8-9H2,1-2H3,(H,16,17)/i3D,4D,5D,6D,7D,10D. The Morgan fingerprint density at radius 3 is 2.94 bits per heavy atom. The lowest BCUT2D eigenvalue weighted by atomic mass is 10.0. The Kier molecular flexibility index (Phi) is 2.09. The highest BCUT2D eigenvalue weighted by molar-refractivity contribution is 5.87. The van der Waals surface area contributed by atoms with Gasteiger partial charge < -0.3 is 10.1 Å². The maximum Gasteiger partial charge on any atom is 0.216 e. The molecule has 0 saturated heterocycles. The summed E-state index contributed by atoms with van der Waals surface area (Å²) >= 11 is 0. The van der Waals surface area contributed by atoms with Gasteiger partial charge in [-0.05, 0) is 34.8 Å². The van der Waals surface area contributed by atoms with Crippen LogP contribution in [-0.2, 0) is 11.2 Å². The van der Waals surface area contributed by atoms with Crippen molar-refractivity contribution in [3.63, 3.8) is 0 Å². The van der Waals surface area contributed by atoms with Gasteiger partial charge in [0.15, 0.2) is 0 Å². The second kappa shape index (κ2) is 5.54. The Hall–Kier alpha value is -2.03. The van der Waals surface area contributed by atoms with Crippen molar-refractivity contribution in [1.29, 1.82) is 0 Å². The molecule has 0 aliphatic carbocycles. The summed E-state index contributed by atoms with van der Waals surface area (Å²) in [6.07, 6.45) is 0.174. The van der Waals surface area contributed by atoms with Crippen molar-refractivity contribution >= 4 is 16.7 Å². The molecule has 1 N–H and O–H groups in total. The SMILES string of the molecule is [2H]c1c([2H])c(CCNC(C)=O)c2c([2H])c(OC)c([2H])c([2H])c2c1[2H]. The summed E-state index contributed by atoms with van der Waals surface area (Å²) in [5.41, 5.74) is 0.288. The first kappa shape index (κ1) is 6.78. The molecule has 0 saturated carbocycles. The van der Waals surface area contributed by atoms with Crippen LogP contribution in [0.15, 0.2) is 36.3 Å². The van der Waals surface area contributed by atoms with Crippen LogP contribution < -0.4 is 10.1 Å². The Bertz CT molecular complexity index is 837. The lowest BCUT2D eigenvalue weighted by Gasteiger charge is -2.08. The largest absolute Gasteiger partial charge is 0.497 e. The molecule has 0 aliphatic rings. The third-order valence-electron chi connectivity index (χ3n) is 2.45. The number of amides is 1. The molecule has 0 aliphatic heterocycles. The van der Waals surface area contributed by atoms with Crippen molar-refractivity contribution < 1.29 is 17.8 Å². The fourth-order valence-electron chi connectivity index (χ4n) is 1.59. The number of hydrogen-bond donors (Lipinski definition) is 1. The van der Waals surface area contributed by atoms with E-state index >= 15 is 0 Å². The minimum atomic E-state index is -0.363. The molecule has 0 heterocycles. The van der Waals surface area contributed by atoms with Gasteiger partial charge in [0.25, 0.3) is 0 Å². The second-order valence-corrected chi connectivity index (χ2v) is 3.74. The van der Waals surface area contributed by atoms with Crippen LogP contribution in [0, 0.1) is 0 Å². The van der Waals surface area contributed by atoms with Crippen LogP contribution in [0.2, 0.25) is 0 Å². The second-order valence-electron chi connectivity index (χ2n) is 3.74. The van der Waals surface area contributed by atoms with Crippen molar-refractivity contribution in [3.8, 4) is 5.75 Å². The van der Waals surface area contributed by atoms with Crippen LogP contribution in [0.3, 0.4) is 0 Å². The van der Waals surface area contributed by atoms with Crippen LogP contribution in [0.4, 0.5) is 0 Å². The minimum Gasteiger partial charge on any atom is -0.497 e. The number of rotatable bonds is 4. The molecule has 1 amide bonds. The lowest BCUT2D eigenvalue weighted by Crippen LogP contribution is -2.22. The quantitative estimate of drug-likeness (QED) is 0.904. The van der Waals surface area contributed by atoms with Gasteiger partial charge in [-0.1, -0.05) is 24.2 Å². The molecule has 0 bridgehead atoms. The number of benzene rings is 2. The summed E-state index contributed by atoms with van der Waals surface area (Å²) in [5, 5.41) is 2.73. The van der Waals surface area contributed by atoms with E-state index in [-0.39, 0.29) is 77.2 Å². The number of hydrogen-bond acceptors (Lipinski definition) is 2. The van der Waals surface area contributed by atoms with Crippen molar-refractivity contribution in [2.75, 3.05) is 13.7 Å². The summed E-state index contributed by atoms with van der Waals surface area (Å²) in [4.78, 5) is 11.0. The number of carbonyl (C=O) groups excluding carboxylic acids is 1. The molecule has 0 aromatic heterocycles. The average Bonchev–Trinajstić information content (AvgIpc) is 2.52. The van der Waals surface area contributed by atoms with Gasteiger partial charge in [-0.2, -0.15) is 0 Å². The molecule has 18 heavy (non-hydrogen) atoms. The van der Waals surface area contributed by atoms with E-state index in [2.05, 4.69) is 5.32 Å². The molecule has 0 radical (unpaired) electrons. The van der Waals surface area contributed by atoms with E-state index in [1.54, 1.807) is 0 Å². The Morgan fingerprint density at radius 2 is 2.22 bits per heavy atom. The highest BCUT2D eigenvalue weighted by atomic mass is 16.5. The van der Waals surface area contributed by atoms with E-state index in [4.69, 9.17) is 13.0 Å². The predicted molar refractivity (Wildman–Crippen MR) is 72.9 cm³/mol. The van der Waals surface area contributed by atoms with Crippen molar-refractivity contribution in [3.05, 3.63) is 41.8 Å². The van der Waals surface area contributed by atoms with Gasteiger partial charge in [-0.3, -0.25) is 4.79 Å². The van der Waals surface area contributed by atoms with Crippen LogP contribution in [-0.4, -0.2) is 19.6 Å². The number of nitrogens with one attached hydrogen (secondary N) is 1. The van der Waals surface area contributed by atoms with Gasteiger partial charge in [0.1, 0.15) is 5.75 Å². The van der Waals surface area contributed by atoms with E-state index < -0.39 is 0 Å². The molecule has 0 unspecified atom stereocenters. The number of carbonyl (C=O) groups is 1. The molecule has 3 heteroatoms. The Labute approximate surface area is 115 Å². The van der Waals surface area contributed by atoms with E-state index in [9.17, 15) is 4.79 Å². The van der Waals surface area contributed by atoms with Gasteiger partial charge in [0.05, 0.1) is 15.3 Å². The fraction of sp³-hybridized carbons (Fsp3) is 0.267. The molecule has 0 atom stereocenters. The minimum absolute atomic E-state index is 0.00961. The summed E-state index contributed by atoms with van der Waals surface area (Å²) < 4.78 is 53.4. The highest BCUT2D eigenvalue weighted by Crippen LogP contribution is 2.24. The van der Waals surface area contributed by atoms with Gasteiger partial charge in [0, 0.05) is 13.5 Å². The molecule has 94 valence electrons. The molecule has 2 aromatic rings. The normalized spacial score (nSPS) is 15.0. The van der Waals surface area contributed by atoms with E-state index in [0.717, 1.165) is 0 Å². The van der Waals surface area contributed by atoms with Gasteiger partial charge >= 0.3 is 0 Å². The Balaban J connectivity index is 2.85. The maximum absolute atomic E-state index is 11.0. The number of fused-ring (bicyclic) bond motifs is 1. The van der Waals surface area contributed by atoms with Crippen LogP contribution in [0.5, 0.6) is 5.75 Å². The molecule has 2 aromatic carbocycles. The summed E-state index contributed by atoms with van der Waals surface area (Å²) in [6.45, 7) is 1.56. The van der Waals surface area contributed by atoms with E-state index in [1.165, 1.54) is 14.0 Å². The van der Waals surface area contributed by atoms with Crippen molar-refractivity contribution in [2.24, 2.45) is 0 Å². The van der Waals surface area contributed by atoms with Crippen molar-refractivity contribution in [2.45, 2.75) is 13.3 Å².